The summed E-state index contributed by atoms with van der Waals surface area (Å²) >= 11 is 7.69. The van der Waals surface area contributed by atoms with Crippen LogP contribution in [0.4, 0.5) is 26.3 Å². The second-order valence-corrected chi connectivity index (χ2v) is 4.19. The molecule has 0 atom stereocenters. The lowest BCUT2D eigenvalue weighted by atomic mass is 10.1. The number of nitrogens with zero attached hydrogens (tertiary/aromatic N) is 1. The van der Waals surface area contributed by atoms with Gasteiger partial charge in [-0.2, -0.15) is 13.2 Å². The fourth-order valence-corrected chi connectivity index (χ4v) is 2.08. The Morgan fingerprint density at radius 3 is 2.20 bits per heavy atom. The Labute approximate surface area is 121 Å². The third-order valence-electron chi connectivity index (χ3n) is 2.00. The van der Waals surface area contributed by atoms with Crippen LogP contribution in [0.1, 0.15) is 21.5 Å². The first kappa shape index (κ1) is 17.0. The molecule has 0 N–H and O–H groups in total. The highest BCUT2D eigenvalue weighted by atomic mass is 79.9. The van der Waals surface area contributed by atoms with Gasteiger partial charge in [0.2, 0.25) is 5.88 Å². The van der Waals surface area contributed by atoms with E-state index in [1.54, 1.807) is 0 Å². The molecule has 0 unspecified atom stereocenters. The van der Waals surface area contributed by atoms with Gasteiger partial charge in [0.25, 0.3) is 5.24 Å². The number of carbonyl (C=O) groups excluding carboxylic acids is 1. The van der Waals surface area contributed by atoms with Crippen molar-refractivity contribution in [2.75, 3.05) is 0 Å². The maximum Gasteiger partial charge on any atom is 0.574 e. The quantitative estimate of drug-likeness (QED) is 0.442. The summed E-state index contributed by atoms with van der Waals surface area (Å²) in [6.45, 7) is 0. The molecule has 0 aliphatic carbocycles. The summed E-state index contributed by atoms with van der Waals surface area (Å²) in [6, 6.07) is 0. The van der Waals surface area contributed by atoms with Crippen molar-refractivity contribution < 1.29 is 35.9 Å². The highest BCUT2D eigenvalue weighted by Crippen LogP contribution is 2.38. The minimum atomic E-state index is -5.22. The number of hydrogen-bond acceptors (Lipinski definition) is 3. The van der Waals surface area contributed by atoms with Crippen molar-refractivity contribution in [3.8, 4) is 5.88 Å². The van der Waals surface area contributed by atoms with E-state index in [0.29, 0.717) is 0 Å². The Morgan fingerprint density at radius 1 is 1.30 bits per heavy atom. The Kier molecular flexibility index (Phi) is 4.90. The fraction of sp³-hybridized carbons (Fsp3) is 0.333. The fourth-order valence-electron chi connectivity index (χ4n) is 1.30. The van der Waals surface area contributed by atoms with E-state index in [1.807, 2.05) is 0 Å². The van der Waals surface area contributed by atoms with E-state index in [-0.39, 0.29) is 6.20 Å². The van der Waals surface area contributed by atoms with Crippen LogP contribution in [0.3, 0.4) is 0 Å². The summed E-state index contributed by atoms with van der Waals surface area (Å²) in [7, 11) is 0. The van der Waals surface area contributed by atoms with E-state index in [4.69, 9.17) is 11.6 Å². The molecule has 1 aromatic heterocycles. The molecular formula is C9H3BrClF6NO2. The molecule has 112 valence electrons. The molecule has 0 aliphatic heterocycles. The molecule has 0 saturated heterocycles. The maximum absolute atomic E-state index is 12.7. The van der Waals surface area contributed by atoms with Crippen LogP contribution < -0.4 is 4.74 Å². The zero-order valence-electron chi connectivity index (χ0n) is 9.07. The van der Waals surface area contributed by atoms with Gasteiger partial charge in [0, 0.05) is 11.5 Å². The van der Waals surface area contributed by atoms with Gasteiger partial charge in [-0.05, 0) is 17.2 Å². The van der Waals surface area contributed by atoms with Crippen LogP contribution in [0.15, 0.2) is 6.20 Å². The highest BCUT2D eigenvalue weighted by Gasteiger charge is 2.39. The van der Waals surface area contributed by atoms with Crippen molar-refractivity contribution in [3.05, 3.63) is 22.9 Å². The molecule has 0 amide bonds. The SMILES string of the molecule is O=C(Cl)c1c(OC(F)(F)F)ncc(C(F)(F)F)c1CBr. The van der Waals surface area contributed by atoms with Crippen molar-refractivity contribution in [2.24, 2.45) is 0 Å². The van der Waals surface area contributed by atoms with Crippen molar-refractivity contribution in [2.45, 2.75) is 17.9 Å². The summed E-state index contributed by atoms with van der Waals surface area (Å²) in [6.07, 6.45) is -9.99. The van der Waals surface area contributed by atoms with Gasteiger partial charge in [0.05, 0.1) is 5.56 Å². The summed E-state index contributed by atoms with van der Waals surface area (Å²) < 4.78 is 77.7. The van der Waals surface area contributed by atoms with Gasteiger partial charge in [-0.15, -0.1) is 13.2 Å². The van der Waals surface area contributed by atoms with Crippen LogP contribution in [0, 0.1) is 0 Å². The molecule has 3 nitrogen and oxygen atoms in total. The van der Waals surface area contributed by atoms with Gasteiger partial charge in [0.1, 0.15) is 5.56 Å². The lowest BCUT2D eigenvalue weighted by molar-refractivity contribution is -0.276. The lowest BCUT2D eigenvalue weighted by Gasteiger charge is -2.16. The summed E-state index contributed by atoms with van der Waals surface area (Å²) in [5.41, 5.74) is -3.25. The molecule has 0 spiro atoms. The van der Waals surface area contributed by atoms with Gasteiger partial charge >= 0.3 is 12.5 Å². The third kappa shape index (κ3) is 3.98. The second-order valence-electron chi connectivity index (χ2n) is 3.28. The topological polar surface area (TPSA) is 39.2 Å². The number of ether oxygens (including phenoxy) is 1. The van der Waals surface area contributed by atoms with E-state index < -0.39 is 45.7 Å². The van der Waals surface area contributed by atoms with Crippen molar-refractivity contribution in [1.29, 1.82) is 0 Å². The molecule has 1 heterocycles. The van der Waals surface area contributed by atoms with Gasteiger partial charge < -0.3 is 4.74 Å². The van der Waals surface area contributed by atoms with Crippen LogP contribution >= 0.6 is 27.5 Å². The number of aromatic nitrogens is 1. The van der Waals surface area contributed by atoms with Gasteiger partial charge in [0.15, 0.2) is 0 Å². The van der Waals surface area contributed by atoms with E-state index in [1.165, 1.54) is 0 Å². The van der Waals surface area contributed by atoms with Gasteiger partial charge in [-0.1, -0.05) is 15.9 Å². The first-order chi connectivity index (χ1) is 8.97. The van der Waals surface area contributed by atoms with E-state index in [0.717, 1.165) is 0 Å². The predicted octanol–water partition coefficient (Wildman–Crippen LogP) is 4.27. The molecular weight excluding hydrogens is 383 g/mol. The van der Waals surface area contributed by atoms with E-state index >= 15 is 0 Å². The lowest BCUT2D eigenvalue weighted by Crippen LogP contribution is -2.21. The summed E-state index contributed by atoms with van der Waals surface area (Å²) in [5.74, 6) is -1.33. The third-order valence-corrected chi connectivity index (χ3v) is 2.75. The van der Waals surface area contributed by atoms with Crippen molar-refractivity contribution in [3.63, 3.8) is 0 Å². The van der Waals surface area contributed by atoms with Crippen molar-refractivity contribution >= 4 is 32.8 Å². The molecule has 0 aliphatic rings. The van der Waals surface area contributed by atoms with Crippen LogP contribution in [0.25, 0.3) is 0 Å². The number of pyridine rings is 1. The zero-order valence-corrected chi connectivity index (χ0v) is 11.4. The number of carbonyl (C=O) groups is 1. The number of hydrogen-bond donors (Lipinski definition) is 0. The molecule has 0 aromatic carbocycles. The maximum atomic E-state index is 12.7. The molecule has 0 fully saturated rings. The Morgan fingerprint density at radius 2 is 1.85 bits per heavy atom. The predicted molar refractivity (Wildman–Crippen MR) is 58.7 cm³/mol. The summed E-state index contributed by atoms with van der Waals surface area (Å²) in [4.78, 5) is 14.0. The standard InChI is InChI=1S/C9H3BrClF6NO2/c10-1-3-4(8(12,13)14)2-18-7(5(3)6(11)19)20-9(15,16)17/h2H,1H2. The first-order valence-corrected chi connectivity index (χ1v) is 6.08. The average Bonchev–Trinajstić information content (AvgIpc) is 2.23. The Bertz CT molecular complexity index is 530. The Balaban J connectivity index is 3.55. The highest BCUT2D eigenvalue weighted by molar-refractivity contribution is 9.08. The monoisotopic (exact) mass is 385 g/mol. The Hall–Kier alpha value is -1.03. The number of rotatable bonds is 3. The minimum absolute atomic E-state index is 0.140. The van der Waals surface area contributed by atoms with Crippen molar-refractivity contribution in [1.82, 2.24) is 4.98 Å². The van der Waals surface area contributed by atoms with Crippen LogP contribution in [0.5, 0.6) is 5.88 Å². The van der Waals surface area contributed by atoms with Gasteiger partial charge in [-0.3, -0.25) is 4.79 Å². The molecule has 1 aromatic rings. The average molecular weight is 386 g/mol. The largest absolute Gasteiger partial charge is 0.574 e. The van der Waals surface area contributed by atoms with Crippen LogP contribution in [0.2, 0.25) is 0 Å². The normalized spacial score (nSPS) is 12.4. The molecule has 0 bridgehead atoms. The minimum Gasteiger partial charge on any atom is -0.387 e. The number of alkyl halides is 7. The second kappa shape index (κ2) is 5.76. The zero-order chi connectivity index (χ0) is 15.7. The van der Waals surface area contributed by atoms with E-state index in [9.17, 15) is 31.1 Å². The van der Waals surface area contributed by atoms with Crippen LogP contribution in [-0.4, -0.2) is 16.6 Å². The molecule has 0 radical (unpaired) electrons. The summed E-state index contributed by atoms with van der Waals surface area (Å²) in [5, 5.41) is -2.11. The first-order valence-electron chi connectivity index (χ1n) is 4.58. The van der Waals surface area contributed by atoms with E-state index in [2.05, 4.69) is 25.7 Å². The van der Waals surface area contributed by atoms with Gasteiger partial charge in [-0.25, -0.2) is 4.98 Å². The molecule has 11 heteroatoms. The van der Waals surface area contributed by atoms with Crippen LogP contribution in [-0.2, 0) is 11.5 Å². The molecule has 0 saturated carbocycles. The molecule has 1 rings (SSSR count). The molecule has 20 heavy (non-hydrogen) atoms. The smallest absolute Gasteiger partial charge is 0.387 e. The number of halogens is 8.